The fourth-order valence-corrected chi connectivity index (χ4v) is 2.90. The van der Waals surface area contributed by atoms with Crippen molar-refractivity contribution >= 4 is 10.0 Å². The molecule has 0 unspecified atom stereocenters. The summed E-state index contributed by atoms with van der Waals surface area (Å²) in [7, 11) is -3.55. The average molecular weight is 296 g/mol. The third kappa shape index (κ3) is 3.98. The minimum atomic E-state index is -3.55. The largest absolute Gasteiger partial charge is 0.494 e. The molecule has 20 heavy (non-hydrogen) atoms. The second-order valence-electron chi connectivity index (χ2n) is 4.61. The van der Waals surface area contributed by atoms with Crippen LogP contribution in [0, 0.1) is 0 Å². The molecule has 0 atom stereocenters. The zero-order chi connectivity index (χ0) is 14.4. The molecule has 0 radical (unpaired) electrons. The van der Waals surface area contributed by atoms with E-state index in [-0.39, 0.29) is 4.90 Å². The van der Waals surface area contributed by atoms with Gasteiger partial charge in [0.25, 0.3) is 10.0 Å². The quantitative estimate of drug-likeness (QED) is 0.791. The molecule has 1 aromatic rings. The fraction of sp³-hybridized carbons (Fsp3) is 0.429. The lowest BCUT2D eigenvalue weighted by Crippen LogP contribution is -2.37. The molecule has 110 valence electrons. The molecule has 0 spiro atoms. The maximum absolute atomic E-state index is 12.1. The van der Waals surface area contributed by atoms with Gasteiger partial charge < -0.3 is 10.2 Å². The van der Waals surface area contributed by atoms with Crippen molar-refractivity contribution in [2.24, 2.45) is 0 Å². The SMILES string of the molecule is CCOc1ccc(S(=O)(=O)NNC2=CCCCC2)cc1. The van der Waals surface area contributed by atoms with Crippen LogP contribution in [-0.4, -0.2) is 15.0 Å². The molecule has 0 saturated heterocycles. The Morgan fingerprint density at radius 3 is 2.55 bits per heavy atom. The number of hydrazine groups is 1. The Hall–Kier alpha value is -1.53. The zero-order valence-corrected chi connectivity index (χ0v) is 12.4. The van der Waals surface area contributed by atoms with Gasteiger partial charge in [-0.2, -0.15) is 0 Å². The maximum atomic E-state index is 12.1. The van der Waals surface area contributed by atoms with E-state index in [0.29, 0.717) is 12.4 Å². The van der Waals surface area contributed by atoms with Crippen LogP contribution in [0.25, 0.3) is 0 Å². The molecule has 0 bridgehead atoms. The van der Waals surface area contributed by atoms with Crippen molar-refractivity contribution in [1.82, 2.24) is 10.3 Å². The van der Waals surface area contributed by atoms with E-state index in [4.69, 9.17) is 4.74 Å². The number of nitrogens with one attached hydrogen (secondary N) is 2. The molecule has 0 saturated carbocycles. The van der Waals surface area contributed by atoms with Crippen LogP contribution in [0.1, 0.15) is 32.6 Å². The third-order valence-corrected chi connectivity index (χ3v) is 4.35. The Labute approximate surface area is 120 Å². The van der Waals surface area contributed by atoms with Gasteiger partial charge in [0.2, 0.25) is 0 Å². The van der Waals surface area contributed by atoms with Crippen molar-refractivity contribution in [2.45, 2.75) is 37.5 Å². The lowest BCUT2D eigenvalue weighted by atomic mass is 10.1. The summed E-state index contributed by atoms with van der Waals surface area (Å²) < 4.78 is 29.5. The predicted molar refractivity (Wildman–Crippen MR) is 77.6 cm³/mol. The number of rotatable bonds is 6. The van der Waals surface area contributed by atoms with Crippen molar-refractivity contribution in [3.63, 3.8) is 0 Å². The molecule has 6 heteroatoms. The number of allylic oxidation sites excluding steroid dienone is 2. The molecule has 2 N–H and O–H groups in total. The van der Waals surface area contributed by atoms with Gasteiger partial charge in [0.05, 0.1) is 11.5 Å². The van der Waals surface area contributed by atoms with Gasteiger partial charge >= 0.3 is 0 Å². The van der Waals surface area contributed by atoms with Crippen molar-refractivity contribution in [1.29, 1.82) is 0 Å². The molecule has 0 amide bonds. The third-order valence-electron chi connectivity index (χ3n) is 3.08. The molecule has 1 aromatic carbocycles. The van der Waals surface area contributed by atoms with E-state index in [1.807, 2.05) is 13.0 Å². The lowest BCUT2D eigenvalue weighted by Gasteiger charge is -2.16. The summed E-state index contributed by atoms with van der Waals surface area (Å²) >= 11 is 0. The minimum Gasteiger partial charge on any atom is -0.494 e. The smallest absolute Gasteiger partial charge is 0.257 e. The van der Waals surface area contributed by atoms with Crippen LogP contribution in [0.2, 0.25) is 0 Å². The van der Waals surface area contributed by atoms with Crippen LogP contribution in [0.15, 0.2) is 40.9 Å². The molecule has 0 fully saturated rings. The van der Waals surface area contributed by atoms with E-state index in [1.54, 1.807) is 12.1 Å². The molecule has 0 aromatic heterocycles. The van der Waals surface area contributed by atoms with E-state index in [1.165, 1.54) is 12.1 Å². The van der Waals surface area contributed by atoms with Crippen LogP contribution in [-0.2, 0) is 10.0 Å². The van der Waals surface area contributed by atoms with E-state index in [0.717, 1.165) is 31.4 Å². The molecule has 1 aliphatic rings. The summed E-state index contributed by atoms with van der Waals surface area (Å²) in [5.74, 6) is 0.661. The molecule has 0 heterocycles. The first-order valence-corrected chi connectivity index (χ1v) is 8.30. The molecule has 1 aliphatic carbocycles. The van der Waals surface area contributed by atoms with E-state index < -0.39 is 10.0 Å². The standard InChI is InChI=1S/C14H20N2O3S/c1-2-19-13-8-10-14(11-9-13)20(17,18)16-15-12-6-4-3-5-7-12/h6,8-11,15-16H,2-5,7H2,1H3. The van der Waals surface area contributed by atoms with Crippen molar-refractivity contribution in [3.05, 3.63) is 36.0 Å². The van der Waals surface area contributed by atoms with Gasteiger partial charge in [-0.1, -0.05) is 6.08 Å². The first-order chi connectivity index (χ1) is 9.62. The first kappa shape index (κ1) is 14.9. The van der Waals surface area contributed by atoms with Crippen LogP contribution >= 0.6 is 0 Å². The van der Waals surface area contributed by atoms with Crippen molar-refractivity contribution in [3.8, 4) is 5.75 Å². The highest BCUT2D eigenvalue weighted by Gasteiger charge is 2.14. The highest BCUT2D eigenvalue weighted by atomic mass is 32.2. The summed E-state index contributed by atoms with van der Waals surface area (Å²) in [4.78, 5) is 2.62. The molecular weight excluding hydrogens is 276 g/mol. The Bertz CT molecular complexity index is 565. The Kier molecular flexibility index (Phi) is 5.03. The van der Waals surface area contributed by atoms with Crippen LogP contribution in [0.5, 0.6) is 5.75 Å². The van der Waals surface area contributed by atoms with E-state index in [9.17, 15) is 8.42 Å². The molecule has 0 aliphatic heterocycles. The topological polar surface area (TPSA) is 67.4 Å². The second-order valence-corrected chi connectivity index (χ2v) is 6.29. The van der Waals surface area contributed by atoms with E-state index in [2.05, 4.69) is 10.3 Å². The summed E-state index contributed by atoms with van der Waals surface area (Å²) in [5, 5.41) is 0. The van der Waals surface area contributed by atoms with E-state index >= 15 is 0 Å². The first-order valence-electron chi connectivity index (χ1n) is 6.81. The number of sulfonamides is 1. The highest BCUT2D eigenvalue weighted by molar-refractivity contribution is 7.89. The molecule has 2 rings (SSSR count). The summed E-state index contributed by atoms with van der Waals surface area (Å²) in [6.45, 7) is 2.44. The lowest BCUT2D eigenvalue weighted by molar-refractivity contribution is 0.340. The van der Waals surface area contributed by atoms with Crippen molar-refractivity contribution < 1.29 is 13.2 Å². The Balaban J connectivity index is 2.00. The van der Waals surface area contributed by atoms with Gasteiger partial charge in [-0.15, -0.1) is 4.83 Å². The molecular formula is C14H20N2O3S. The summed E-state index contributed by atoms with van der Waals surface area (Å²) in [6, 6.07) is 6.37. The van der Waals surface area contributed by atoms with Gasteiger partial charge in [0, 0.05) is 5.70 Å². The van der Waals surface area contributed by atoms with Gasteiger partial charge in [0.15, 0.2) is 0 Å². The highest BCUT2D eigenvalue weighted by Crippen LogP contribution is 2.17. The normalized spacial score (nSPS) is 15.6. The van der Waals surface area contributed by atoms with Crippen LogP contribution < -0.4 is 15.0 Å². The number of hydrogen-bond acceptors (Lipinski definition) is 4. The van der Waals surface area contributed by atoms with Crippen LogP contribution in [0.4, 0.5) is 0 Å². The summed E-state index contributed by atoms with van der Waals surface area (Å²) in [5.41, 5.74) is 3.73. The number of hydrogen-bond donors (Lipinski definition) is 2. The fourth-order valence-electron chi connectivity index (χ4n) is 2.03. The zero-order valence-electron chi connectivity index (χ0n) is 11.6. The summed E-state index contributed by atoms with van der Waals surface area (Å²) in [6.07, 6.45) is 6.16. The van der Waals surface area contributed by atoms with Gasteiger partial charge in [-0.05, 0) is 56.9 Å². The number of benzene rings is 1. The van der Waals surface area contributed by atoms with Crippen LogP contribution in [0.3, 0.4) is 0 Å². The Morgan fingerprint density at radius 2 is 1.95 bits per heavy atom. The van der Waals surface area contributed by atoms with Gasteiger partial charge in [-0.25, -0.2) is 8.42 Å². The molecule has 5 nitrogen and oxygen atoms in total. The Morgan fingerprint density at radius 1 is 1.20 bits per heavy atom. The average Bonchev–Trinajstić information content (AvgIpc) is 2.47. The monoisotopic (exact) mass is 296 g/mol. The van der Waals surface area contributed by atoms with Gasteiger partial charge in [-0.3, -0.25) is 0 Å². The van der Waals surface area contributed by atoms with Crippen molar-refractivity contribution in [2.75, 3.05) is 6.61 Å². The number of ether oxygens (including phenoxy) is 1. The predicted octanol–water partition coefficient (Wildman–Crippen LogP) is 2.33. The maximum Gasteiger partial charge on any atom is 0.257 e. The minimum absolute atomic E-state index is 0.213. The van der Waals surface area contributed by atoms with Gasteiger partial charge in [0.1, 0.15) is 5.75 Å². The second kappa shape index (κ2) is 6.76.